The zero-order chi connectivity index (χ0) is 8.97. The van der Waals surface area contributed by atoms with Gasteiger partial charge >= 0.3 is 12.1 Å². The second kappa shape index (κ2) is 3.94. The minimum atomic E-state index is -1.41. The molecule has 0 aromatic rings. The van der Waals surface area contributed by atoms with Crippen molar-refractivity contribution in [2.24, 2.45) is 0 Å². The summed E-state index contributed by atoms with van der Waals surface area (Å²) in [6.07, 6.45) is -0.0216. The maximum atomic E-state index is 10.8. The summed E-state index contributed by atoms with van der Waals surface area (Å²) in [5, 5.41) is 8.23. The highest BCUT2D eigenvalue weighted by Gasteiger charge is 2.21. The maximum absolute atomic E-state index is 10.8. The first kappa shape index (κ1) is 8.83. The van der Waals surface area contributed by atoms with Gasteiger partial charge in [-0.3, -0.25) is 4.79 Å². The highest BCUT2D eigenvalue weighted by Crippen LogP contribution is 2.14. The smallest absolute Gasteiger partial charge is 0.450 e. The number of carbonyl (C=O) groups is 2. The van der Waals surface area contributed by atoms with Crippen molar-refractivity contribution < 1.29 is 24.2 Å². The third-order valence-electron chi connectivity index (χ3n) is 1.57. The van der Waals surface area contributed by atoms with E-state index in [9.17, 15) is 9.59 Å². The molecule has 0 amide bonds. The quantitative estimate of drug-likeness (QED) is 0.603. The highest BCUT2D eigenvalue weighted by molar-refractivity contribution is 5.69. The molecule has 12 heavy (non-hydrogen) atoms. The van der Waals surface area contributed by atoms with Gasteiger partial charge < -0.3 is 14.6 Å². The highest BCUT2D eigenvalue weighted by atomic mass is 16.8. The molecule has 0 radical (unpaired) electrons. The molecule has 1 aliphatic heterocycles. The maximum Gasteiger partial charge on any atom is 0.508 e. The summed E-state index contributed by atoms with van der Waals surface area (Å²) in [6, 6.07) is 0. The van der Waals surface area contributed by atoms with E-state index in [0.717, 1.165) is 12.8 Å². The molecule has 1 heterocycles. The van der Waals surface area contributed by atoms with Crippen molar-refractivity contribution in [3.63, 3.8) is 0 Å². The summed E-state index contributed by atoms with van der Waals surface area (Å²) in [4.78, 5) is 20.9. The molecule has 1 saturated heterocycles. The second-order valence-corrected chi connectivity index (χ2v) is 2.55. The summed E-state index contributed by atoms with van der Waals surface area (Å²) >= 11 is 0. The third-order valence-corrected chi connectivity index (χ3v) is 1.57. The zero-order valence-electron chi connectivity index (χ0n) is 6.49. The first-order valence-electron chi connectivity index (χ1n) is 3.77. The third kappa shape index (κ3) is 2.77. The summed E-state index contributed by atoms with van der Waals surface area (Å²) in [5.41, 5.74) is 0. The van der Waals surface area contributed by atoms with Gasteiger partial charge in [0.2, 0.25) is 0 Å². The molecule has 1 unspecified atom stereocenters. The van der Waals surface area contributed by atoms with Crippen LogP contribution in [0.5, 0.6) is 0 Å². The number of rotatable bonds is 1. The standard InChI is InChI=1S/C7H10O5/c8-5-3-1-2-4-6(11-5)12-7(9)10/h6H,1-4H2,(H,9,10). The Bertz CT molecular complexity index is 188. The fourth-order valence-corrected chi connectivity index (χ4v) is 1.04. The number of esters is 1. The monoisotopic (exact) mass is 174 g/mol. The molecule has 1 atom stereocenters. The van der Waals surface area contributed by atoms with Gasteiger partial charge in [-0.15, -0.1) is 0 Å². The van der Waals surface area contributed by atoms with Crippen molar-refractivity contribution in [1.29, 1.82) is 0 Å². The number of hydrogen-bond acceptors (Lipinski definition) is 4. The summed E-state index contributed by atoms with van der Waals surface area (Å²) in [6.45, 7) is 0. The number of ether oxygens (including phenoxy) is 2. The predicted molar refractivity (Wildman–Crippen MR) is 37.5 cm³/mol. The molecule has 0 saturated carbocycles. The molecule has 1 rings (SSSR count). The lowest BCUT2D eigenvalue weighted by Gasteiger charge is -2.12. The Morgan fingerprint density at radius 2 is 2.33 bits per heavy atom. The van der Waals surface area contributed by atoms with Crippen LogP contribution in [-0.2, 0) is 14.3 Å². The molecule has 1 aliphatic rings. The molecule has 1 N–H and O–H groups in total. The molecule has 1 fully saturated rings. The van der Waals surface area contributed by atoms with Crippen molar-refractivity contribution in [3.8, 4) is 0 Å². The lowest BCUT2D eigenvalue weighted by atomic mass is 10.2. The number of carboxylic acid groups (broad SMARTS) is 1. The predicted octanol–water partition coefficient (Wildman–Crippen LogP) is 1.12. The lowest BCUT2D eigenvalue weighted by molar-refractivity contribution is -0.168. The van der Waals surface area contributed by atoms with E-state index in [-0.39, 0.29) is 0 Å². The van der Waals surface area contributed by atoms with Crippen LogP contribution < -0.4 is 0 Å². The van der Waals surface area contributed by atoms with E-state index in [1.165, 1.54) is 0 Å². The van der Waals surface area contributed by atoms with E-state index in [1.54, 1.807) is 0 Å². The van der Waals surface area contributed by atoms with E-state index in [1.807, 2.05) is 0 Å². The summed E-state index contributed by atoms with van der Waals surface area (Å²) in [7, 11) is 0. The van der Waals surface area contributed by atoms with Gasteiger partial charge in [0.15, 0.2) is 0 Å². The first-order valence-corrected chi connectivity index (χ1v) is 3.77. The number of carbonyl (C=O) groups excluding carboxylic acids is 1. The van der Waals surface area contributed by atoms with E-state index in [2.05, 4.69) is 9.47 Å². The average molecular weight is 174 g/mol. The van der Waals surface area contributed by atoms with E-state index < -0.39 is 18.4 Å². The lowest BCUT2D eigenvalue weighted by Crippen LogP contribution is -2.21. The SMILES string of the molecule is O=C(O)OC1CCCCC(=O)O1. The van der Waals surface area contributed by atoms with Crippen molar-refractivity contribution in [1.82, 2.24) is 0 Å². The summed E-state index contributed by atoms with van der Waals surface area (Å²) in [5.74, 6) is -0.390. The Morgan fingerprint density at radius 3 is 3.00 bits per heavy atom. The fourth-order valence-electron chi connectivity index (χ4n) is 1.04. The normalized spacial score (nSPS) is 24.0. The van der Waals surface area contributed by atoms with Gasteiger partial charge in [0.1, 0.15) is 0 Å². The van der Waals surface area contributed by atoms with Gasteiger partial charge in [0.05, 0.1) is 0 Å². The Balaban J connectivity index is 2.41. The van der Waals surface area contributed by atoms with Gasteiger partial charge in [-0.05, 0) is 12.8 Å². The van der Waals surface area contributed by atoms with Gasteiger partial charge in [-0.2, -0.15) is 0 Å². The van der Waals surface area contributed by atoms with Crippen LogP contribution in [0.4, 0.5) is 4.79 Å². The van der Waals surface area contributed by atoms with Crippen LogP contribution in [0.15, 0.2) is 0 Å². The minimum Gasteiger partial charge on any atom is -0.450 e. The minimum absolute atomic E-state index is 0.347. The van der Waals surface area contributed by atoms with Crippen LogP contribution >= 0.6 is 0 Å². The van der Waals surface area contributed by atoms with Crippen molar-refractivity contribution in [3.05, 3.63) is 0 Å². The van der Waals surface area contributed by atoms with Gasteiger partial charge in [-0.25, -0.2) is 4.79 Å². The van der Waals surface area contributed by atoms with Crippen molar-refractivity contribution >= 4 is 12.1 Å². The summed E-state index contributed by atoms with van der Waals surface area (Å²) < 4.78 is 9.00. The average Bonchev–Trinajstić information content (AvgIpc) is 2.12. The molecule has 5 heteroatoms. The first-order chi connectivity index (χ1) is 5.68. The zero-order valence-corrected chi connectivity index (χ0v) is 6.49. The van der Waals surface area contributed by atoms with Crippen molar-refractivity contribution in [2.45, 2.75) is 32.0 Å². The largest absolute Gasteiger partial charge is 0.508 e. The van der Waals surface area contributed by atoms with E-state index in [4.69, 9.17) is 5.11 Å². The molecule has 0 aliphatic carbocycles. The molecule has 68 valence electrons. The fraction of sp³-hybridized carbons (Fsp3) is 0.714. The Hall–Kier alpha value is -1.26. The van der Waals surface area contributed by atoms with Gasteiger partial charge in [0, 0.05) is 12.8 Å². The molecule has 0 aromatic carbocycles. The molecular weight excluding hydrogens is 164 g/mol. The van der Waals surface area contributed by atoms with E-state index >= 15 is 0 Å². The Labute approximate surface area is 69.3 Å². The number of hydrogen-bond donors (Lipinski definition) is 1. The van der Waals surface area contributed by atoms with Crippen LogP contribution in [0.2, 0.25) is 0 Å². The van der Waals surface area contributed by atoms with Gasteiger partial charge in [-0.1, -0.05) is 0 Å². The Morgan fingerprint density at radius 1 is 1.58 bits per heavy atom. The molecule has 0 aromatic heterocycles. The van der Waals surface area contributed by atoms with Crippen LogP contribution in [0.25, 0.3) is 0 Å². The van der Waals surface area contributed by atoms with Crippen LogP contribution in [-0.4, -0.2) is 23.5 Å². The molecule has 0 spiro atoms. The Kier molecular flexibility index (Phi) is 2.90. The van der Waals surface area contributed by atoms with Crippen molar-refractivity contribution in [2.75, 3.05) is 0 Å². The van der Waals surface area contributed by atoms with Crippen LogP contribution in [0.3, 0.4) is 0 Å². The number of cyclic esters (lactones) is 1. The molecule has 5 nitrogen and oxygen atoms in total. The van der Waals surface area contributed by atoms with Crippen LogP contribution in [0.1, 0.15) is 25.7 Å². The van der Waals surface area contributed by atoms with Gasteiger partial charge in [0.25, 0.3) is 6.29 Å². The molecular formula is C7H10O5. The van der Waals surface area contributed by atoms with Crippen LogP contribution in [0, 0.1) is 0 Å². The van der Waals surface area contributed by atoms with E-state index in [0.29, 0.717) is 12.8 Å². The molecule has 0 bridgehead atoms. The second-order valence-electron chi connectivity index (χ2n) is 2.55. The topological polar surface area (TPSA) is 72.8 Å².